The summed E-state index contributed by atoms with van der Waals surface area (Å²) >= 11 is 2.05. The highest BCUT2D eigenvalue weighted by atomic mass is 32.2. The Morgan fingerprint density at radius 2 is 1.86 bits per heavy atom. The summed E-state index contributed by atoms with van der Waals surface area (Å²) in [5.41, 5.74) is 7.86. The Balaban J connectivity index is 2.15. The summed E-state index contributed by atoms with van der Waals surface area (Å²) in [5, 5.41) is 0. The summed E-state index contributed by atoms with van der Waals surface area (Å²) in [7, 11) is 0. The first kappa shape index (κ1) is 11.4. The van der Waals surface area contributed by atoms with Gasteiger partial charge in [0.15, 0.2) is 0 Å². The van der Waals surface area contributed by atoms with Crippen LogP contribution in [0.4, 0.5) is 5.69 Å². The maximum Gasteiger partial charge on any atom is 0.0314 e. The van der Waals surface area contributed by atoms with Gasteiger partial charge in [-0.05, 0) is 42.0 Å². The molecule has 1 aromatic rings. The zero-order chi connectivity index (χ0) is 10.2. The van der Waals surface area contributed by atoms with E-state index < -0.39 is 0 Å². The van der Waals surface area contributed by atoms with Gasteiger partial charge in [0.25, 0.3) is 0 Å². The number of unbranched alkanes of at least 4 members (excludes halogenated alkanes) is 1. The van der Waals surface area contributed by atoms with Crippen molar-refractivity contribution in [3.05, 3.63) is 29.8 Å². The minimum absolute atomic E-state index is 0.854. The molecule has 1 aromatic carbocycles. The molecule has 0 fully saturated rings. The van der Waals surface area contributed by atoms with Crippen molar-refractivity contribution in [1.82, 2.24) is 0 Å². The highest BCUT2D eigenvalue weighted by molar-refractivity contribution is 7.99. The Labute approximate surface area is 91.1 Å². The van der Waals surface area contributed by atoms with Crippen LogP contribution in [0.25, 0.3) is 0 Å². The molecule has 0 amide bonds. The van der Waals surface area contributed by atoms with Crippen LogP contribution in [0.3, 0.4) is 0 Å². The lowest BCUT2D eigenvalue weighted by Gasteiger charge is -2.01. The molecule has 0 aromatic heterocycles. The quantitative estimate of drug-likeness (QED) is 0.574. The van der Waals surface area contributed by atoms with Crippen molar-refractivity contribution in [3.8, 4) is 0 Å². The van der Waals surface area contributed by atoms with E-state index in [1.165, 1.54) is 29.9 Å². The average molecular weight is 209 g/mol. The van der Waals surface area contributed by atoms with Crippen LogP contribution in [-0.4, -0.2) is 11.5 Å². The highest BCUT2D eigenvalue weighted by Gasteiger charge is 1.93. The highest BCUT2D eigenvalue weighted by Crippen LogP contribution is 2.10. The van der Waals surface area contributed by atoms with Crippen LogP contribution < -0.4 is 5.73 Å². The van der Waals surface area contributed by atoms with Gasteiger partial charge in [-0.15, -0.1) is 0 Å². The summed E-state index contributed by atoms with van der Waals surface area (Å²) in [6.45, 7) is 2.24. The molecule has 0 unspecified atom stereocenters. The van der Waals surface area contributed by atoms with Gasteiger partial charge in [-0.3, -0.25) is 0 Å². The van der Waals surface area contributed by atoms with Gasteiger partial charge in [-0.2, -0.15) is 11.8 Å². The monoisotopic (exact) mass is 209 g/mol. The molecule has 0 saturated carbocycles. The third kappa shape index (κ3) is 4.56. The number of rotatable bonds is 6. The molecular formula is C12H19NS. The second-order valence-electron chi connectivity index (χ2n) is 3.46. The van der Waals surface area contributed by atoms with Crippen molar-refractivity contribution in [2.24, 2.45) is 0 Å². The zero-order valence-corrected chi connectivity index (χ0v) is 9.65. The van der Waals surface area contributed by atoms with Gasteiger partial charge < -0.3 is 5.73 Å². The number of anilines is 1. The lowest BCUT2D eigenvalue weighted by atomic mass is 10.2. The maximum absolute atomic E-state index is 5.62. The van der Waals surface area contributed by atoms with E-state index >= 15 is 0 Å². The van der Waals surface area contributed by atoms with E-state index in [-0.39, 0.29) is 0 Å². The Kier molecular flexibility index (Phi) is 5.53. The molecule has 1 rings (SSSR count). The van der Waals surface area contributed by atoms with E-state index in [4.69, 9.17) is 5.73 Å². The molecule has 0 spiro atoms. The maximum atomic E-state index is 5.62. The minimum atomic E-state index is 0.854. The van der Waals surface area contributed by atoms with Crippen LogP contribution in [-0.2, 0) is 6.42 Å². The fourth-order valence-corrected chi connectivity index (χ4v) is 2.30. The normalized spacial score (nSPS) is 10.4. The van der Waals surface area contributed by atoms with Crippen molar-refractivity contribution in [2.75, 3.05) is 17.2 Å². The molecule has 0 atom stereocenters. The molecule has 0 aliphatic carbocycles. The zero-order valence-electron chi connectivity index (χ0n) is 8.83. The second-order valence-corrected chi connectivity index (χ2v) is 4.68. The molecule has 2 heteroatoms. The van der Waals surface area contributed by atoms with E-state index in [0.29, 0.717) is 0 Å². The number of nitrogens with two attached hydrogens (primary N) is 1. The summed E-state index contributed by atoms with van der Waals surface area (Å²) < 4.78 is 0. The predicted molar refractivity (Wildman–Crippen MR) is 66.8 cm³/mol. The lowest BCUT2D eigenvalue weighted by Crippen LogP contribution is -1.91. The van der Waals surface area contributed by atoms with Gasteiger partial charge in [0.05, 0.1) is 0 Å². The summed E-state index contributed by atoms with van der Waals surface area (Å²) in [6, 6.07) is 8.20. The topological polar surface area (TPSA) is 26.0 Å². The summed E-state index contributed by atoms with van der Waals surface area (Å²) in [5.74, 6) is 2.52. The van der Waals surface area contributed by atoms with Crippen molar-refractivity contribution < 1.29 is 0 Å². The minimum Gasteiger partial charge on any atom is -0.399 e. The van der Waals surface area contributed by atoms with E-state index in [2.05, 4.69) is 19.1 Å². The van der Waals surface area contributed by atoms with E-state index in [9.17, 15) is 0 Å². The molecule has 0 aliphatic rings. The van der Waals surface area contributed by atoms with Crippen LogP contribution in [0.2, 0.25) is 0 Å². The van der Waals surface area contributed by atoms with Crippen LogP contribution in [0.15, 0.2) is 24.3 Å². The van der Waals surface area contributed by atoms with Crippen molar-refractivity contribution in [2.45, 2.75) is 26.2 Å². The van der Waals surface area contributed by atoms with Gasteiger partial charge in [0.2, 0.25) is 0 Å². The number of thioether (sulfide) groups is 1. The Morgan fingerprint density at radius 1 is 1.14 bits per heavy atom. The molecule has 2 N–H and O–H groups in total. The number of hydrogen-bond donors (Lipinski definition) is 1. The molecule has 14 heavy (non-hydrogen) atoms. The van der Waals surface area contributed by atoms with Crippen LogP contribution in [0.1, 0.15) is 25.3 Å². The van der Waals surface area contributed by atoms with Crippen LogP contribution in [0.5, 0.6) is 0 Å². The standard InChI is InChI=1S/C12H19NS/c1-2-3-9-14-10-8-11-4-6-12(13)7-5-11/h4-7H,2-3,8-10,13H2,1H3. The van der Waals surface area contributed by atoms with Gasteiger partial charge >= 0.3 is 0 Å². The molecule has 0 heterocycles. The van der Waals surface area contributed by atoms with Gasteiger partial charge in [0.1, 0.15) is 0 Å². The molecule has 1 nitrogen and oxygen atoms in total. The molecule has 0 aliphatic heterocycles. The predicted octanol–water partition coefficient (Wildman–Crippen LogP) is 3.34. The average Bonchev–Trinajstić information content (AvgIpc) is 2.21. The molecule has 78 valence electrons. The van der Waals surface area contributed by atoms with Crippen molar-refractivity contribution >= 4 is 17.4 Å². The fourth-order valence-electron chi connectivity index (χ4n) is 1.22. The Morgan fingerprint density at radius 3 is 2.50 bits per heavy atom. The lowest BCUT2D eigenvalue weighted by molar-refractivity contribution is 0.895. The first-order chi connectivity index (χ1) is 6.83. The van der Waals surface area contributed by atoms with E-state index in [0.717, 1.165) is 12.1 Å². The third-order valence-electron chi connectivity index (χ3n) is 2.16. The summed E-state index contributed by atoms with van der Waals surface area (Å²) in [6.07, 6.45) is 3.80. The van der Waals surface area contributed by atoms with Crippen molar-refractivity contribution in [3.63, 3.8) is 0 Å². The van der Waals surface area contributed by atoms with Crippen LogP contribution in [0, 0.1) is 0 Å². The number of benzene rings is 1. The molecular weight excluding hydrogens is 190 g/mol. The van der Waals surface area contributed by atoms with Gasteiger partial charge in [-0.25, -0.2) is 0 Å². The number of hydrogen-bond acceptors (Lipinski definition) is 2. The van der Waals surface area contributed by atoms with Crippen LogP contribution >= 0.6 is 11.8 Å². The fraction of sp³-hybridized carbons (Fsp3) is 0.500. The molecule has 0 saturated heterocycles. The Bertz CT molecular complexity index is 243. The smallest absolute Gasteiger partial charge is 0.0314 e. The largest absolute Gasteiger partial charge is 0.399 e. The first-order valence-corrected chi connectivity index (χ1v) is 6.40. The Hall–Kier alpha value is -0.630. The second kappa shape index (κ2) is 6.77. The third-order valence-corrected chi connectivity index (χ3v) is 3.23. The van der Waals surface area contributed by atoms with E-state index in [1.54, 1.807) is 0 Å². The first-order valence-electron chi connectivity index (χ1n) is 5.25. The summed E-state index contributed by atoms with van der Waals surface area (Å²) in [4.78, 5) is 0. The number of nitrogen functional groups attached to an aromatic ring is 1. The van der Waals surface area contributed by atoms with E-state index in [1.807, 2.05) is 23.9 Å². The van der Waals surface area contributed by atoms with Gasteiger partial charge in [0, 0.05) is 5.69 Å². The molecule has 0 bridgehead atoms. The van der Waals surface area contributed by atoms with Crippen molar-refractivity contribution in [1.29, 1.82) is 0 Å². The van der Waals surface area contributed by atoms with Gasteiger partial charge in [-0.1, -0.05) is 25.5 Å². The number of aryl methyl sites for hydroxylation is 1. The molecule has 0 radical (unpaired) electrons. The SMILES string of the molecule is CCCCSCCc1ccc(N)cc1.